The van der Waals surface area contributed by atoms with Crippen LogP contribution in [0.3, 0.4) is 0 Å². The average Bonchev–Trinajstić information content (AvgIpc) is 2.65. The quantitative estimate of drug-likeness (QED) is 0.782. The third kappa shape index (κ3) is 4.55. The van der Waals surface area contributed by atoms with Gasteiger partial charge in [0.2, 0.25) is 5.91 Å². The Balaban J connectivity index is 1.98. The highest BCUT2D eigenvalue weighted by molar-refractivity contribution is 5.79. The van der Waals surface area contributed by atoms with Gasteiger partial charge in [0.05, 0.1) is 27.2 Å². The number of hydrogen-bond acceptors (Lipinski definition) is 5. The zero-order valence-electron chi connectivity index (χ0n) is 14.8. The lowest BCUT2D eigenvalue weighted by atomic mass is 9.81. The topological polar surface area (TPSA) is 94.1 Å². The molecular formula is C18H25NO6. The molecule has 1 aliphatic rings. The predicted molar refractivity (Wildman–Crippen MR) is 91.0 cm³/mol. The van der Waals surface area contributed by atoms with Crippen LogP contribution in [0.5, 0.6) is 17.2 Å². The Morgan fingerprint density at radius 3 is 2.00 bits per heavy atom. The molecule has 0 aromatic heterocycles. The van der Waals surface area contributed by atoms with Gasteiger partial charge in [-0.3, -0.25) is 9.59 Å². The van der Waals surface area contributed by atoms with E-state index in [0.717, 1.165) is 5.56 Å². The Bertz CT molecular complexity index is 622. The number of nitrogens with one attached hydrogen (secondary N) is 1. The Morgan fingerprint density at radius 2 is 1.48 bits per heavy atom. The molecule has 2 N–H and O–H groups in total. The van der Waals surface area contributed by atoms with Crippen molar-refractivity contribution in [2.24, 2.45) is 11.8 Å². The molecule has 1 amide bonds. The fraction of sp³-hybridized carbons (Fsp3) is 0.556. The average molecular weight is 351 g/mol. The number of ether oxygens (including phenoxy) is 3. The molecule has 1 aliphatic carbocycles. The molecule has 0 aliphatic heterocycles. The maximum Gasteiger partial charge on any atom is 0.306 e. The molecular weight excluding hydrogens is 326 g/mol. The van der Waals surface area contributed by atoms with Gasteiger partial charge in [0, 0.05) is 24.1 Å². The van der Waals surface area contributed by atoms with Crippen LogP contribution < -0.4 is 19.5 Å². The van der Waals surface area contributed by atoms with Crippen LogP contribution in [-0.4, -0.2) is 38.3 Å². The molecule has 2 rings (SSSR count). The highest BCUT2D eigenvalue weighted by atomic mass is 16.5. The summed E-state index contributed by atoms with van der Waals surface area (Å²) in [4.78, 5) is 23.4. The van der Waals surface area contributed by atoms with Crippen molar-refractivity contribution in [3.8, 4) is 17.2 Å². The van der Waals surface area contributed by atoms with Crippen LogP contribution in [0.1, 0.15) is 31.2 Å². The van der Waals surface area contributed by atoms with E-state index in [1.165, 1.54) is 0 Å². The molecule has 0 spiro atoms. The van der Waals surface area contributed by atoms with Crippen molar-refractivity contribution in [3.63, 3.8) is 0 Å². The van der Waals surface area contributed by atoms with E-state index in [0.29, 0.717) is 49.5 Å². The van der Waals surface area contributed by atoms with E-state index >= 15 is 0 Å². The Kier molecular flexibility index (Phi) is 6.50. The molecule has 0 atom stereocenters. The molecule has 1 saturated carbocycles. The molecule has 138 valence electrons. The minimum atomic E-state index is -0.770. The van der Waals surface area contributed by atoms with Gasteiger partial charge in [-0.25, -0.2) is 0 Å². The van der Waals surface area contributed by atoms with Crippen molar-refractivity contribution >= 4 is 11.9 Å². The number of rotatable bonds is 7. The van der Waals surface area contributed by atoms with E-state index in [2.05, 4.69) is 5.32 Å². The molecule has 1 aromatic carbocycles. The van der Waals surface area contributed by atoms with Crippen LogP contribution in [0, 0.1) is 11.8 Å². The summed E-state index contributed by atoms with van der Waals surface area (Å²) >= 11 is 0. The number of aliphatic carboxylic acids is 1. The van der Waals surface area contributed by atoms with Crippen LogP contribution in [0.15, 0.2) is 12.1 Å². The number of carbonyl (C=O) groups is 2. The lowest BCUT2D eigenvalue weighted by Crippen LogP contribution is -2.34. The van der Waals surface area contributed by atoms with E-state index in [-0.39, 0.29) is 17.7 Å². The zero-order valence-corrected chi connectivity index (χ0v) is 14.8. The van der Waals surface area contributed by atoms with Crippen molar-refractivity contribution in [1.29, 1.82) is 0 Å². The van der Waals surface area contributed by atoms with Gasteiger partial charge >= 0.3 is 5.97 Å². The Labute approximate surface area is 147 Å². The molecule has 0 unspecified atom stereocenters. The van der Waals surface area contributed by atoms with E-state index in [1.54, 1.807) is 33.5 Å². The van der Waals surface area contributed by atoms with E-state index < -0.39 is 5.97 Å². The summed E-state index contributed by atoms with van der Waals surface area (Å²) in [5, 5.41) is 11.9. The second-order valence-electron chi connectivity index (χ2n) is 6.12. The minimum Gasteiger partial charge on any atom is -0.496 e. The molecule has 7 nitrogen and oxygen atoms in total. The van der Waals surface area contributed by atoms with Gasteiger partial charge in [-0.05, 0) is 31.7 Å². The molecule has 1 fully saturated rings. The number of benzene rings is 1. The monoisotopic (exact) mass is 351 g/mol. The fourth-order valence-corrected chi connectivity index (χ4v) is 3.16. The second kappa shape index (κ2) is 8.60. The van der Waals surface area contributed by atoms with Gasteiger partial charge in [-0.15, -0.1) is 0 Å². The Hall–Kier alpha value is -2.44. The van der Waals surface area contributed by atoms with Crippen LogP contribution in [0.25, 0.3) is 0 Å². The van der Waals surface area contributed by atoms with Gasteiger partial charge in [0.15, 0.2) is 11.5 Å². The molecule has 0 saturated heterocycles. The minimum absolute atomic E-state index is 0.0549. The summed E-state index contributed by atoms with van der Waals surface area (Å²) in [6.45, 7) is 0.307. The van der Waals surface area contributed by atoms with Crippen molar-refractivity contribution in [3.05, 3.63) is 17.7 Å². The fourth-order valence-electron chi connectivity index (χ4n) is 3.16. The first-order valence-electron chi connectivity index (χ1n) is 8.29. The number of carbonyl (C=O) groups excluding carboxylic acids is 1. The molecule has 0 heterocycles. The summed E-state index contributed by atoms with van der Waals surface area (Å²) in [5.74, 6) is 0.440. The van der Waals surface area contributed by atoms with Crippen LogP contribution in [0.2, 0.25) is 0 Å². The molecule has 25 heavy (non-hydrogen) atoms. The number of amides is 1. The first-order valence-corrected chi connectivity index (χ1v) is 8.29. The molecule has 0 bridgehead atoms. The zero-order chi connectivity index (χ0) is 18.4. The van der Waals surface area contributed by atoms with E-state index in [1.807, 2.05) is 0 Å². The lowest BCUT2D eigenvalue weighted by molar-refractivity contribution is -0.144. The molecule has 0 radical (unpaired) electrons. The molecule has 1 aromatic rings. The number of hydrogen-bond donors (Lipinski definition) is 2. The SMILES string of the molecule is COc1cc(OC)c(OC)cc1CNC(=O)C1CCC(C(=O)O)CC1. The van der Waals surface area contributed by atoms with E-state index in [9.17, 15) is 9.59 Å². The van der Waals surface area contributed by atoms with E-state index in [4.69, 9.17) is 19.3 Å². The Morgan fingerprint density at radius 1 is 0.960 bits per heavy atom. The van der Waals surface area contributed by atoms with Crippen molar-refractivity contribution < 1.29 is 28.9 Å². The smallest absolute Gasteiger partial charge is 0.306 e. The normalized spacial score (nSPS) is 19.8. The number of methoxy groups -OCH3 is 3. The first-order chi connectivity index (χ1) is 12.0. The third-order valence-electron chi connectivity index (χ3n) is 4.69. The van der Waals surface area contributed by atoms with Crippen molar-refractivity contribution in [2.45, 2.75) is 32.2 Å². The summed E-state index contributed by atoms with van der Waals surface area (Å²) in [7, 11) is 4.65. The molecule has 7 heteroatoms. The van der Waals surface area contributed by atoms with Crippen LogP contribution in [0.4, 0.5) is 0 Å². The lowest BCUT2D eigenvalue weighted by Gasteiger charge is -2.25. The third-order valence-corrected chi connectivity index (χ3v) is 4.69. The highest BCUT2D eigenvalue weighted by Gasteiger charge is 2.29. The standard InChI is InChI=1S/C18H25NO6/c1-23-14-9-16(25-3)15(24-2)8-13(14)10-19-17(20)11-4-6-12(7-5-11)18(21)22/h8-9,11-12H,4-7,10H2,1-3H3,(H,19,20)(H,21,22). The maximum absolute atomic E-state index is 12.4. The predicted octanol–water partition coefficient (Wildman–Crippen LogP) is 2.22. The number of carboxylic acid groups (broad SMARTS) is 1. The van der Waals surface area contributed by atoms with Gasteiger partial charge in [-0.1, -0.05) is 0 Å². The van der Waals surface area contributed by atoms with Crippen LogP contribution in [-0.2, 0) is 16.1 Å². The second-order valence-corrected chi connectivity index (χ2v) is 6.12. The number of carboxylic acids is 1. The van der Waals surface area contributed by atoms with Gasteiger partial charge in [0.25, 0.3) is 0 Å². The summed E-state index contributed by atoms with van der Waals surface area (Å²) in [5.41, 5.74) is 0.785. The summed E-state index contributed by atoms with van der Waals surface area (Å²) in [6, 6.07) is 3.50. The van der Waals surface area contributed by atoms with Crippen molar-refractivity contribution in [2.75, 3.05) is 21.3 Å². The van der Waals surface area contributed by atoms with Crippen LogP contribution >= 0.6 is 0 Å². The largest absolute Gasteiger partial charge is 0.496 e. The highest BCUT2D eigenvalue weighted by Crippen LogP contribution is 2.35. The van der Waals surface area contributed by atoms with Gasteiger partial charge < -0.3 is 24.6 Å². The van der Waals surface area contributed by atoms with Gasteiger partial charge in [0.1, 0.15) is 5.75 Å². The summed E-state index contributed by atoms with van der Waals surface area (Å²) in [6.07, 6.45) is 2.30. The summed E-state index contributed by atoms with van der Waals surface area (Å²) < 4.78 is 15.9. The van der Waals surface area contributed by atoms with Gasteiger partial charge in [-0.2, -0.15) is 0 Å². The van der Waals surface area contributed by atoms with Crippen molar-refractivity contribution in [1.82, 2.24) is 5.32 Å². The first kappa shape index (κ1) is 18.9. The maximum atomic E-state index is 12.4.